The molecule has 0 bridgehead atoms. The summed E-state index contributed by atoms with van der Waals surface area (Å²) < 4.78 is 0.886. The highest BCUT2D eigenvalue weighted by Crippen LogP contribution is 2.37. The zero-order valence-electron chi connectivity index (χ0n) is 12.8. The van der Waals surface area contributed by atoms with E-state index in [1.54, 1.807) is 0 Å². The quantitative estimate of drug-likeness (QED) is 0.864. The Balaban J connectivity index is 2.18. The summed E-state index contributed by atoms with van der Waals surface area (Å²) >= 11 is 3.54. The maximum Gasteiger partial charge on any atom is 0.141 e. The number of hydrogen-bond donors (Lipinski definition) is 1. The van der Waals surface area contributed by atoms with E-state index in [4.69, 9.17) is 10.7 Å². The van der Waals surface area contributed by atoms with E-state index in [0.29, 0.717) is 17.7 Å². The summed E-state index contributed by atoms with van der Waals surface area (Å²) in [7, 11) is 0. The first-order chi connectivity index (χ1) is 9.51. The predicted octanol–water partition coefficient (Wildman–Crippen LogP) is 4.70. The Kier molecular flexibility index (Phi) is 5.42. The first-order valence-corrected chi connectivity index (χ1v) is 8.62. The Labute approximate surface area is 130 Å². The zero-order valence-corrected chi connectivity index (χ0v) is 14.4. The minimum absolute atomic E-state index is 0.499. The van der Waals surface area contributed by atoms with E-state index in [1.807, 2.05) is 0 Å². The maximum atomic E-state index is 6.06. The predicted molar refractivity (Wildman–Crippen MR) is 87.7 cm³/mol. The van der Waals surface area contributed by atoms with E-state index in [9.17, 15) is 0 Å². The molecule has 0 saturated heterocycles. The van der Waals surface area contributed by atoms with Crippen LogP contribution in [-0.4, -0.2) is 9.97 Å². The van der Waals surface area contributed by atoms with Crippen molar-refractivity contribution in [2.45, 2.75) is 65.2 Å². The van der Waals surface area contributed by atoms with Gasteiger partial charge in [-0.05, 0) is 59.9 Å². The molecule has 0 aliphatic heterocycles. The molecule has 4 heteroatoms. The highest BCUT2D eigenvalue weighted by molar-refractivity contribution is 9.10. The van der Waals surface area contributed by atoms with E-state index in [2.05, 4.69) is 41.7 Å². The normalized spacial score (nSPS) is 23.2. The number of aromatic nitrogens is 2. The topological polar surface area (TPSA) is 51.8 Å². The molecule has 1 saturated carbocycles. The lowest BCUT2D eigenvalue weighted by Crippen LogP contribution is -2.17. The van der Waals surface area contributed by atoms with Crippen molar-refractivity contribution >= 4 is 21.7 Å². The number of nitrogens with two attached hydrogens (primary N) is 1. The van der Waals surface area contributed by atoms with E-state index in [1.165, 1.54) is 32.1 Å². The fourth-order valence-electron chi connectivity index (χ4n) is 3.07. The molecule has 1 aliphatic carbocycles. The molecule has 2 rings (SSSR count). The average molecular weight is 340 g/mol. The molecule has 1 aromatic heterocycles. The summed E-state index contributed by atoms with van der Waals surface area (Å²) in [6, 6.07) is 0. The monoisotopic (exact) mass is 339 g/mol. The van der Waals surface area contributed by atoms with Gasteiger partial charge in [0, 0.05) is 5.92 Å². The molecule has 0 amide bonds. The van der Waals surface area contributed by atoms with Gasteiger partial charge in [0.2, 0.25) is 0 Å². The summed E-state index contributed by atoms with van der Waals surface area (Å²) in [4.78, 5) is 9.34. The Morgan fingerprint density at radius 2 is 1.85 bits per heavy atom. The van der Waals surface area contributed by atoms with Crippen molar-refractivity contribution in [3.05, 3.63) is 16.0 Å². The van der Waals surface area contributed by atoms with Gasteiger partial charge < -0.3 is 5.73 Å². The van der Waals surface area contributed by atoms with Crippen LogP contribution in [0.25, 0.3) is 0 Å². The average Bonchev–Trinajstić information content (AvgIpc) is 2.43. The molecule has 1 aromatic rings. The summed E-state index contributed by atoms with van der Waals surface area (Å²) in [6.07, 6.45) is 7.28. The number of nitrogen functional groups attached to an aromatic ring is 1. The van der Waals surface area contributed by atoms with Gasteiger partial charge in [-0.2, -0.15) is 0 Å². The van der Waals surface area contributed by atoms with E-state index in [0.717, 1.165) is 28.3 Å². The molecule has 112 valence electrons. The van der Waals surface area contributed by atoms with Crippen LogP contribution in [0.3, 0.4) is 0 Å². The van der Waals surface area contributed by atoms with Crippen LogP contribution in [0.15, 0.2) is 4.47 Å². The van der Waals surface area contributed by atoms with Gasteiger partial charge in [0.25, 0.3) is 0 Å². The van der Waals surface area contributed by atoms with Crippen LogP contribution in [0, 0.1) is 11.8 Å². The SMILES string of the molecule is CCC1CCC(c2nc(N)c(Br)c(CC(C)C)n2)CC1. The molecule has 0 atom stereocenters. The summed E-state index contributed by atoms with van der Waals surface area (Å²) in [6.45, 7) is 6.70. The molecule has 1 fully saturated rings. The minimum Gasteiger partial charge on any atom is -0.383 e. The second-order valence-electron chi connectivity index (χ2n) is 6.45. The van der Waals surface area contributed by atoms with E-state index in [-0.39, 0.29) is 0 Å². The molecule has 0 unspecified atom stereocenters. The van der Waals surface area contributed by atoms with Crippen LogP contribution in [0.1, 0.15) is 70.3 Å². The standard InChI is InChI=1S/C16H26BrN3/c1-4-11-5-7-12(8-6-11)16-19-13(9-10(2)3)14(17)15(18)20-16/h10-12H,4-9H2,1-3H3,(H2,18,19,20). The van der Waals surface area contributed by atoms with E-state index >= 15 is 0 Å². The lowest BCUT2D eigenvalue weighted by atomic mass is 9.80. The van der Waals surface area contributed by atoms with Crippen LogP contribution in [-0.2, 0) is 6.42 Å². The zero-order chi connectivity index (χ0) is 14.7. The van der Waals surface area contributed by atoms with Crippen molar-refractivity contribution in [2.24, 2.45) is 11.8 Å². The Bertz CT molecular complexity index is 451. The molecule has 0 aromatic carbocycles. The Hall–Kier alpha value is -0.640. The van der Waals surface area contributed by atoms with Gasteiger partial charge in [0.05, 0.1) is 10.2 Å². The molecule has 0 radical (unpaired) electrons. The third kappa shape index (κ3) is 3.72. The first-order valence-electron chi connectivity index (χ1n) is 7.83. The third-order valence-electron chi connectivity index (χ3n) is 4.35. The number of hydrogen-bond acceptors (Lipinski definition) is 3. The second-order valence-corrected chi connectivity index (χ2v) is 7.24. The first kappa shape index (κ1) is 15.7. The Morgan fingerprint density at radius 3 is 2.40 bits per heavy atom. The number of anilines is 1. The molecular weight excluding hydrogens is 314 g/mol. The highest BCUT2D eigenvalue weighted by Gasteiger charge is 2.24. The van der Waals surface area contributed by atoms with Gasteiger partial charge in [-0.25, -0.2) is 9.97 Å². The molecule has 3 nitrogen and oxygen atoms in total. The van der Waals surface area contributed by atoms with Crippen LogP contribution in [0.5, 0.6) is 0 Å². The highest BCUT2D eigenvalue weighted by atomic mass is 79.9. The smallest absolute Gasteiger partial charge is 0.141 e. The lowest BCUT2D eigenvalue weighted by Gasteiger charge is -2.27. The maximum absolute atomic E-state index is 6.06. The fourth-order valence-corrected chi connectivity index (χ4v) is 3.41. The van der Waals surface area contributed by atoms with Gasteiger partial charge in [-0.3, -0.25) is 0 Å². The summed E-state index contributed by atoms with van der Waals surface area (Å²) in [5.41, 5.74) is 7.13. The van der Waals surface area contributed by atoms with Crippen molar-refractivity contribution in [3.63, 3.8) is 0 Å². The molecular formula is C16H26BrN3. The summed E-state index contributed by atoms with van der Waals surface area (Å²) in [5, 5.41) is 0. The Morgan fingerprint density at radius 1 is 1.20 bits per heavy atom. The van der Waals surface area contributed by atoms with E-state index < -0.39 is 0 Å². The summed E-state index contributed by atoms with van der Waals surface area (Å²) in [5.74, 6) is 3.54. The van der Waals surface area contributed by atoms with Crippen molar-refractivity contribution in [1.29, 1.82) is 0 Å². The van der Waals surface area contributed by atoms with Gasteiger partial charge in [-0.1, -0.05) is 27.2 Å². The van der Waals surface area contributed by atoms with Crippen molar-refractivity contribution in [1.82, 2.24) is 9.97 Å². The largest absolute Gasteiger partial charge is 0.383 e. The molecule has 1 aliphatic rings. The van der Waals surface area contributed by atoms with Crippen molar-refractivity contribution in [2.75, 3.05) is 5.73 Å². The van der Waals surface area contributed by atoms with Gasteiger partial charge in [-0.15, -0.1) is 0 Å². The molecule has 2 N–H and O–H groups in total. The minimum atomic E-state index is 0.499. The molecule has 20 heavy (non-hydrogen) atoms. The lowest BCUT2D eigenvalue weighted by molar-refractivity contribution is 0.312. The molecule has 1 heterocycles. The fraction of sp³-hybridized carbons (Fsp3) is 0.750. The van der Waals surface area contributed by atoms with Gasteiger partial charge in [0.15, 0.2) is 0 Å². The number of nitrogens with zero attached hydrogens (tertiary/aromatic N) is 2. The van der Waals surface area contributed by atoms with Crippen molar-refractivity contribution in [3.8, 4) is 0 Å². The van der Waals surface area contributed by atoms with Crippen LogP contribution in [0.4, 0.5) is 5.82 Å². The number of rotatable bonds is 4. The molecule has 0 spiro atoms. The van der Waals surface area contributed by atoms with Crippen molar-refractivity contribution < 1.29 is 0 Å². The number of halogens is 1. The van der Waals surface area contributed by atoms with Crippen LogP contribution in [0.2, 0.25) is 0 Å². The second kappa shape index (κ2) is 6.88. The van der Waals surface area contributed by atoms with Crippen LogP contribution >= 0.6 is 15.9 Å². The van der Waals surface area contributed by atoms with Gasteiger partial charge in [0.1, 0.15) is 11.6 Å². The third-order valence-corrected chi connectivity index (χ3v) is 5.22. The van der Waals surface area contributed by atoms with Gasteiger partial charge >= 0.3 is 0 Å². The van der Waals surface area contributed by atoms with Crippen LogP contribution < -0.4 is 5.73 Å².